The first-order valence-corrected chi connectivity index (χ1v) is 18.3. The number of aromatic nitrogens is 9. The molecule has 0 aliphatic rings. The predicted octanol–water partition coefficient (Wildman–Crippen LogP) is 9.75. The molecule has 0 N–H and O–H groups in total. The van der Waals surface area contributed by atoms with Crippen molar-refractivity contribution in [1.82, 2.24) is 44.0 Å². The third-order valence-corrected chi connectivity index (χ3v) is 10.2. The van der Waals surface area contributed by atoms with Crippen LogP contribution in [0.25, 0.3) is 89.0 Å². The highest BCUT2D eigenvalue weighted by Crippen LogP contribution is 2.41. The average molecular weight is 725 g/mol. The van der Waals surface area contributed by atoms with Gasteiger partial charge in [-0.25, -0.2) is 29.9 Å². The first-order valence-electron chi connectivity index (χ1n) is 18.3. The van der Waals surface area contributed by atoms with E-state index in [1.807, 2.05) is 58.2 Å². The average Bonchev–Trinajstić information content (AvgIpc) is 3.72. The van der Waals surface area contributed by atoms with Gasteiger partial charge in [-0.05, 0) is 107 Å². The lowest BCUT2D eigenvalue weighted by molar-refractivity contribution is 0.928. The van der Waals surface area contributed by atoms with Crippen LogP contribution >= 0.6 is 0 Å². The van der Waals surface area contributed by atoms with E-state index in [2.05, 4.69) is 136 Å². The Kier molecular flexibility index (Phi) is 7.50. The minimum Gasteiger partial charge on any atom is -0.309 e. The molecule has 0 saturated heterocycles. The number of rotatable bonds is 5. The summed E-state index contributed by atoms with van der Waals surface area (Å²) in [6.45, 7) is 7.54. The molecule has 5 heterocycles. The van der Waals surface area contributed by atoms with Crippen molar-refractivity contribution < 1.29 is 0 Å². The standard InChI is InChI=1S/C46H32N10/c1-26-49-27(2)52-45(51-26)31-16-19-40-35(23-31)33-10-5-7-12-38(33)55(40)42-18-15-30(25-47)22-37(42)44-43(14-9-21-48-44)56-39-13-8-6-11-34(39)36-24-32(17-20-41(36)56)46-53-28(3)50-29(4)54-46/h5-24H,1-4H3. The van der Waals surface area contributed by atoms with Gasteiger partial charge in [0.2, 0.25) is 0 Å². The van der Waals surface area contributed by atoms with Crippen LogP contribution in [0.3, 0.4) is 0 Å². The highest BCUT2D eigenvalue weighted by atomic mass is 15.0. The zero-order valence-corrected chi connectivity index (χ0v) is 31.0. The van der Waals surface area contributed by atoms with E-state index in [9.17, 15) is 5.26 Å². The van der Waals surface area contributed by atoms with Crippen LogP contribution in [-0.2, 0) is 0 Å². The van der Waals surface area contributed by atoms with E-state index in [-0.39, 0.29) is 0 Å². The number of benzene rings is 5. The molecule has 0 atom stereocenters. The van der Waals surface area contributed by atoms with E-state index in [4.69, 9.17) is 4.98 Å². The topological polar surface area (TPSA) is 124 Å². The second-order valence-electron chi connectivity index (χ2n) is 13.9. The van der Waals surface area contributed by atoms with Crippen LogP contribution in [0.15, 0.2) is 121 Å². The Labute approximate surface area is 321 Å². The molecule has 5 aromatic heterocycles. The van der Waals surface area contributed by atoms with Crippen LogP contribution in [-0.4, -0.2) is 44.0 Å². The number of pyridine rings is 1. The van der Waals surface area contributed by atoms with Gasteiger partial charge in [0.05, 0.1) is 50.8 Å². The SMILES string of the molecule is Cc1nc(C)nc(-c2ccc3c(c2)c2ccccc2n3-c2ccc(C#N)cc2-c2ncccc2-n2c3ccccc3c3cc(-c4nc(C)nc(C)n4)ccc32)n1. The first-order chi connectivity index (χ1) is 27.3. The third kappa shape index (κ3) is 5.28. The Hall–Kier alpha value is -7.64. The molecular formula is C46H32N10. The molecule has 0 unspecified atom stereocenters. The molecule has 0 radical (unpaired) electrons. The maximum absolute atomic E-state index is 10.2. The summed E-state index contributed by atoms with van der Waals surface area (Å²) in [4.78, 5) is 32.5. The van der Waals surface area contributed by atoms with Gasteiger partial charge >= 0.3 is 0 Å². The van der Waals surface area contributed by atoms with Gasteiger partial charge in [0, 0.05) is 44.4 Å². The monoisotopic (exact) mass is 724 g/mol. The first kappa shape index (κ1) is 33.0. The highest BCUT2D eigenvalue weighted by molar-refractivity contribution is 6.12. The smallest absolute Gasteiger partial charge is 0.163 e. The van der Waals surface area contributed by atoms with Crippen molar-refractivity contribution >= 4 is 43.6 Å². The van der Waals surface area contributed by atoms with E-state index in [0.29, 0.717) is 40.5 Å². The molecule has 5 aromatic carbocycles. The lowest BCUT2D eigenvalue weighted by atomic mass is 10.0. The summed E-state index contributed by atoms with van der Waals surface area (Å²) in [5.41, 5.74) is 9.81. The Bertz CT molecular complexity index is 3240. The lowest BCUT2D eigenvalue weighted by Crippen LogP contribution is -2.03. The van der Waals surface area contributed by atoms with Gasteiger partial charge < -0.3 is 9.13 Å². The maximum atomic E-state index is 10.2. The van der Waals surface area contributed by atoms with Crippen LogP contribution < -0.4 is 0 Å². The predicted molar refractivity (Wildman–Crippen MR) is 220 cm³/mol. The van der Waals surface area contributed by atoms with Gasteiger partial charge in [-0.2, -0.15) is 5.26 Å². The van der Waals surface area contributed by atoms with Crippen molar-refractivity contribution in [3.63, 3.8) is 0 Å². The quantitative estimate of drug-likeness (QED) is 0.172. The van der Waals surface area contributed by atoms with E-state index < -0.39 is 0 Å². The molecule has 56 heavy (non-hydrogen) atoms. The molecule has 10 heteroatoms. The minimum absolute atomic E-state index is 0.541. The molecule has 0 fully saturated rings. The molecular weight excluding hydrogens is 693 g/mol. The van der Waals surface area contributed by atoms with E-state index >= 15 is 0 Å². The summed E-state index contributed by atoms with van der Waals surface area (Å²) >= 11 is 0. The van der Waals surface area contributed by atoms with Crippen molar-refractivity contribution in [1.29, 1.82) is 5.26 Å². The van der Waals surface area contributed by atoms with Crippen molar-refractivity contribution in [2.24, 2.45) is 0 Å². The molecule has 0 bridgehead atoms. The number of fused-ring (bicyclic) bond motifs is 6. The molecule has 10 rings (SSSR count). The number of nitriles is 1. The highest BCUT2D eigenvalue weighted by Gasteiger charge is 2.22. The number of aryl methyl sites for hydroxylation is 4. The fourth-order valence-electron chi connectivity index (χ4n) is 8.01. The molecule has 0 amide bonds. The van der Waals surface area contributed by atoms with Crippen molar-refractivity contribution in [2.75, 3.05) is 0 Å². The zero-order valence-electron chi connectivity index (χ0n) is 31.0. The number of hydrogen-bond donors (Lipinski definition) is 0. The van der Waals surface area contributed by atoms with Gasteiger partial charge in [-0.15, -0.1) is 0 Å². The van der Waals surface area contributed by atoms with Crippen LogP contribution in [0.2, 0.25) is 0 Å². The van der Waals surface area contributed by atoms with Crippen LogP contribution in [0.1, 0.15) is 28.9 Å². The van der Waals surface area contributed by atoms with E-state index in [0.717, 1.165) is 77.4 Å². The van der Waals surface area contributed by atoms with Crippen LogP contribution in [0.5, 0.6) is 0 Å². The van der Waals surface area contributed by atoms with Gasteiger partial charge in [-0.3, -0.25) is 4.98 Å². The normalized spacial score (nSPS) is 11.6. The summed E-state index contributed by atoms with van der Waals surface area (Å²) < 4.78 is 4.53. The molecule has 10 aromatic rings. The van der Waals surface area contributed by atoms with E-state index in [1.165, 1.54) is 0 Å². The maximum Gasteiger partial charge on any atom is 0.163 e. The molecule has 0 aliphatic heterocycles. The molecule has 0 aliphatic carbocycles. The van der Waals surface area contributed by atoms with Crippen molar-refractivity contribution in [2.45, 2.75) is 27.7 Å². The Morgan fingerprint density at radius 3 is 1.50 bits per heavy atom. The third-order valence-electron chi connectivity index (χ3n) is 10.2. The molecule has 0 saturated carbocycles. The summed E-state index contributed by atoms with van der Waals surface area (Å²) in [5, 5.41) is 14.5. The van der Waals surface area contributed by atoms with Crippen LogP contribution in [0.4, 0.5) is 0 Å². The van der Waals surface area contributed by atoms with Crippen molar-refractivity contribution in [3.05, 3.63) is 150 Å². The lowest BCUT2D eigenvalue weighted by Gasteiger charge is -2.18. The van der Waals surface area contributed by atoms with Gasteiger partial charge in [-0.1, -0.05) is 36.4 Å². The number of para-hydroxylation sites is 2. The molecule has 0 spiro atoms. The number of hydrogen-bond acceptors (Lipinski definition) is 8. The summed E-state index contributed by atoms with van der Waals surface area (Å²) in [6.07, 6.45) is 1.82. The van der Waals surface area contributed by atoms with E-state index in [1.54, 1.807) is 0 Å². The van der Waals surface area contributed by atoms with Gasteiger partial charge in [0.15, 0.2) is 11.6 Å². The fourth-order valence-corrected chi connectivity index (χ4v) is 8.01. The molecule has 266 valence electrons. The fraction of sp³-hybridized carbons (Fsp3) is 0.0870. The minimum atomic E-state index is 0.541. The Morgan fingerprint density at radius 1 is 0.464 bits per heavy atom. The Morgan fingerprint density at radius 2 is 0.964 bits per heavy atom. The molecule has 10 nitrogen and oxygen atoms in total. The number of nitrogens with zero attached hydrogens (tertiary/aromatic N) is 10. The summed E-state index contributed by atoms with van der Waals surface area (Å²) in [7, 11) is 0. The van der Waals surface area contributed by atoms with Crippen molar-refractivity contribution in [3.8, 4) is 51.5 Å². The Balaban J connectivity index is 1.22. The second-order valence-corrected chi connectivity index (χ2v) is 13.9. The van der Waals surface area contributed by atoms with Gasteiger partial charge in [0.25, 0.3) is 0 Å². The van der Waals surface area contributed by atoms with Crippen LogP contribution in [0, 0.1) is 39.0 Å². The summed E-state index contributed by atoms with van der Waals surface area (Å²) in [6, 6.07) is 41.8. The summed E-state index contributed by atoms with van der Waals surface area (Å²) in [5.74, 6) is 4.01. The van der Waals surface area contributed by atoms with Gasteiger partial charge in [0.1, 0.15) is 23.3 Å². The zero-order chi connectivity index (χ0) is 38.1. The largest absolute Gasteiger partial charge is 0.309 e. The second kappa shape index (κ2) is 12.7.